The Balaban J connectivity index is 1.41. The Bertz CT molecular complexity index is 1070. The number of halogens is 1. The van der Waals surface area contributed by atoms with Crippen molar-refractivity contribution >= 4 is 23.3 Å². The fourth-order valence-electron chi connectivity index (χ4n) is 3.53. The van der Waals surface area contributed by atoms with Gasteiger partial charge >= 0.3 is 0 Å². The summed E-state index contributed by atoms with van der Waals surface area (Å²) in [6.45, 7) is 2.45. The third-order valence-corrected chi connectivity index (χ3v) is 5.45. The van der Waals surface area contributed by atoms with Gasteiger partial charge in [-0.2, -0.15) is 4.68 Å². The summed E-state index contributed by atoms with van der Waals surface area (Å²) in [5, 5.41) is 8.12. The first kappa shape index (κ1) is 20.2. The van der Waals surface area contributed by atoms with Gasteiger partial charge in [-0.25, -0.2) is 0 Å². The summed E-state index contributed by atoms with van der Waals surface area (Å²) in [6.07, 6.45) is 3.01. The maximum atomic E-state index is 12.4. The number of carbonyl (C=O) groups is 1. The van der Waals surface area contributed by atoms with E-state index in [9.17, 15) is 9.59 Å². The van der Waals surface area contributed by atoms with Crippen molar-refractivity contribution in [2.45, 2.75) is 19.3 Å². The molecule has 1 N–H and O–H groups in total. The first-order valence-electron chi connectivity index (χ1n) is 10.1. The lowest BCUT2D eigenvalue weighted by atomic mass is 10.1. The van der Waals surface area contributed by atoms with Crippen molar-refractivity contribution in [3.05, 3.63) is 87.2 Å². The Labute approximate surface area is 180 Å². The molecule has 30 heavy (non-hydrogen) atoms. The average molecular weight is 423 g/mol. The van der Waals surface area contributed by atoms with E-state index in [1.165, 1.54) is 10.7 Å². The highest BCUT2D eigenvalue weighted by Crippen LogP contribution is 2.17. The van der Waals surface area contributed by atoms with Crippen molar-refractivity contribution < 1.29 is 4.79 Å². The summed E-state index contributed by atoms with van der Waals surface area (Å²) in [5.41, 5.74) is 2.09. The van der Waals surface area contributed by atoms with Gasteiger partial charge in [-0.15, -0.1) is 5.10 Å². The number of nitrogens with zero attached hydrogens (tertiary/aromatic N) is 3. The van der Waals surface area contributed by atoms with E-state index in [4.69, 9.17) is 11.6 Å². The fourth-order valence-corrected chi connectivity index (χ4v) is 3.65. The molecular formula is C23H23ClN4O2. The third-order valence-electron chi connectivity index (χ3n) is 5.20. The Morgan fingerprint density at radius 3 is 2.37 bits per heavy atom. The normalized spacial score (nSPS) is 13.4. The van der Waals surface area contributed by atoms with E-state index < -0.39 is 0 Å². The van der Waals surface area contributed by atoms with Crippen LogP contribution < -0.4 is 15.8 Å². The maximum absolute atomic E-state index is 12.4. The highest BCUT2D eigenvalue weighted by molar-refractivity contribution is 6.30. The van der Waals surface area contributed by atoms with Crippen LogP contribution in [-0.4, -0.2) is 35.3 Å². The second-order valence-electron chi connectivity index (χ2n) is 7.31. The van der Waals surface area contributed by atoms with Crippen LogP contribution in [0.3, 0.4) is 0 Å². The van der Waals surface area contributed by atoms with E-state index in [0.29, 0.717) is 22.8 Å². The minimum atomic E-state index is -0.196. The topological polar surface area (TPSA) is 67.2 Å². The highest BCUT2D eigenvalue weighted by Gasteiger charge is 2.15. The molecule has 0 atom stereocenters. The molecule has 1 amide bonds. The molecule has 0 aliphatic carbocycles. The number of anilines is 1. The van der Waals surface area contributed by atoms with Crippen molar-refractivity contribution in [1.29, 1.82) is 0 Å². The summed E-state index contributed by atoms with van der Waals surface area (Å²) in [4.78, 5) is 26.9. The summed E-state index contributed by atoms with van der Waals surface area (Å²) in [6, 6.07) is 17.8. The summed E-state index contributed by atoms with van der Waals surface area (Å²) in [7, 11) is 0. The molecule has 1 saturated heterocycles. The second kappa shape index (κ2) is 9.13. The van der Waals surface area contributed by atoms with Crippen molar-refractivity contribution in [3.63, 3.8) is 0 Å². The number of benzene rings is 2. The molecule has 6 nitrogen and oxygen atoms in total. The van der Waals surface area contributed by atoms with Crippen molar-refractivity contribution in [2.75, 3.05) is 24.5 Å². The quantitative estimate of drug-likeness (QED) is 0.660. The Morgan fingerprint density at radius 2 is 1.67 bits per heavy atom. The molecule has 0 spiro atoms. The van der Waals surface area contributed by atoms with Gasteiger partial charge in [-0.1, -0.05) is 23.7 Å². The predicted octanol–water partition coefficient (Wildman–Crippen LogP) is 3.46. The zero-order valence-corrected chi connectivity index (χ0v) is 17.3. The minimum absolute atomic E-state index is 0.151. The zero-order chi connectivity index (χ0) is 20.9. The molecule has 0 bridgehead atoms. The molecule has 7 heteroatoms. The van der Waals surface area contributed by atoms with E-state index in [1.807, 2.05) is 24.3 Å². The Kier molecular flexibility index (Phi) is 6.14. The zero-order valence-electron chi connectivity index (χ0n) is 16.6. The number of rotatable bonds is 6. The molecule has 3 aromatic rings. The summed E-state index contributed by atoms with van der Waals surface area (Å²) < 4.78 is 1.38. The van der Waals surface area contributed by atoms with Crippen LogP contribution in [0.5, 0.6) is 0 Å². The molecule has 154 valence electrons. The highest BCUT2D eigenvalue weighted by atomic mass is 35.5. The first-order chi connectivity index (χ1) is 14.6. The van der Waals surface area contributed by atoms with Crippen LogP contribution in [0, 0.1) is 0 Å². The SMILES string of the molecule is O=C(NCCc1ccc(Cl)cc1)c1ccc(-n2nc(N3CCCC3)ccc2=O)cc1. The average Bonchev–Trinajstić information content (AvgIpc) is 3.30. The number of nitrogens with one attached hydrogen (secondary N) is 1. The van der Waals surface area contributed by atoms with Crippen molar-refractivity contribution in [3.8, 4) is 5.69 Å². The van der Waals surface area contributed by atoms with Gasteiger partial charge < -0.3 is 10.2 Å². The number of aromatic nitrogens is 2. The van der Waals surface area contributed by atoms with E-state index in [2.05, 4.69) is 15.3 Å². The van der Waals surface area contributed by atoms with E-state index in [-0.39, 0.29) is 11.5 Å². The summed E-state index contributed by atoms with van der Waals surface area (Å²) in [5.74, 6) is 0.651. The van der Waals surface area contributed by atoms with Crippen LogP contribution in [0.2, 0.25) is 5.02 Å². The van der Waals surface area contributed by atoms with Gasteiger partial charge in [0, 0.05) is 36.3 Å². The van der Waals surface area contributed by atoms with E-state index in [0.717, 1.165) is 43.7 Å². The lowest BCUT2D eigenvalue weighted by Gasteiger charge is -2.17. The fraction of sp³-hybridized carbons (Fsp3) is 0.261. The van der Waals surface area contributed by atoms with Gasteiger partial charge in [-0.3, -0.25) is 9.59 Å². The van der Waals surface area contributed by atoms with Crippen molar-refractivity contribution in [1.82, 2.24) is 15.1 Å². The van der Waals surface area contributed by atoms with Gasteiger partial charge in [0.15, 0.2) is 0 Å². The first-order valence-corrected chi connectivity index (χ1v) is 10.5. The second-order valence-corrected chi connectivity index (χ2v) is 7.75. The number of amides is 1. The number of hydrogen-bond donors (Lipinski definition) is 1. The Hall–Kier alpha value is -3.12. The van der Waals surface area contributed by atoms with Crippen LogP contribution >= 0.6 is 11.6 Å². The lowest BCUT2D eigenvalue weighted by molar-refractivity contribution is 0.0954. The molecule has 1 fully saturated rings. The van der Waals surface area contributed by atoms with Gasteiger partial charge in [0.25, 0.3) is 11.5 Å². The predicted molar refractivity (Wildman–Crippen MR) is 119 cm³/mol. The van der Waals surface area contributed by atoms with Crippen LogP contribution in [0.25, 0.3) is 5.69 Å². The van der Waals surface area contributed by atoms with E-state index >= 15 is 0 Å². The maximum Gasteiger partial charge on any atom is 0.271 e. The van der Waals surface area contributed by atoms with E-state index in [1.54, 1.807) is 30.3 Å². The monoisotopic (exact) mass is 422 g/mol. The van der Waals surface area contributed by atoms with Gasteiger partial charge in [0.1, 0.15) is 5.82 Å². The number of hydrogen-bond acceptors (Lipinski definition) is 4. The molecule has 2 aromatic carbocycles. The summed E-state index contributed by atoms with van der Waals surface area (Å²) >= 11 is 5.89. The molecule has 0 unspecified atom stereocenters. The Morgan fingerprint density at radius 1 is 0.967 bits per heavy atom. The van der Waals surface area contributed by atoms with Crippen LogP contribution in [0.1, 0.15) is 28.8 Å². The van der Waals surface area contributed by atoms with Crippen LogP contribution in [0.4, 0.5) is 5.82 Å². The van der Waals surface area contributed by atoms with Crippen molar-refractivity contribution in [2.24, 2.45) is 0 Å². The largest absolute Gasteiger partial charge is 0.355 e. The van der Waals surface area contributed by atoms with Gasteiger partial charge in [0.05, 0.1) is 5.69 Å². The van der Waals surface area contributed by atoms with Gasteiger partial charge in [0.2, 0.25) is 0 Å². The lowest BCUT2D eigenvalue weighted by Crippen LogP contribution is -2.27. The molecule has 0 saturated carbocycles. The molecule has 2 heterocycles. The molecule has 1 aliphatic heterocycles. The molecule has 1 aromatic heterocycles. The molecule has 0 radical (unpaired) electrons. The molecule has 1 aliphatic rings. The standard InChI is InChI=1S/C23H23ClN4O2/c24-19-7-3-17(4-8-19)13-14-25-23(30)18-5-9-20(10-6-18)28-22(29)12-11-21(26-28)27-15-1-2-16-27/h3-12H,1-2,13-16H2,(H,25,30). The van der Waals surface area contributed by atoms with Crippen LogP contribution in [-0.2, 0) is 6.42 Å². The minimum Gasteiger partial charge on any atom is -0.355 e. The van der Waals surface area contributed by atoms with Gasteiger partial charge in [-0.05, 0) is 67.3 Å². The number of carbonyl (C=O) groups excluding carboxylic acids is 1. The molecular weight excluding hydrogens is 400 g/mol. The molecule has 4 rings (SSSR count). The van der Waals surface area contributed by atoms with Crippen LogP contribution in [0.15, 0.2) is 65.5 Å². The smallest absolute Gasteiger partial charge is 0.271 e. The third kappa shape index (κ3) is 4.71.